The molecule has 2 heterocycles. The van der Waals surface area contributed by atoms with Gasteiger partial charge in [-0.25, -0.2) is 0 Å². The summed E-state index contributed by atoms with van der Waals surface area (Å²) >= 11 is 0. The Morgan fingerprint density at radius 1 is 0.773 bits per heavy atom. The molecule has 1 aliphatic heterocycles. The van der Waals surface area contributed by atoms with Crippen molar-refractivity contribution >= 4 is 17.8 Å². The third-order valence-electron chi connectivity index (χ3n) is 3.50. The molecule has 1 aromatic rings. The Balaban J connectivity index is 2.58. The Hall–Kier alpha value is -1.83. The fourth-order valence-electron chi connectivity index (χ4n) is 2.20. The van der Waals surface area contributed by atoms with Crippen molar-refractivity contribution in [2.45, 2.75) is 5.66 Å². The number of aromatic nitrogens is 3. The standard InChI is InChI=1S/C10H18N6O6/c17-1-10(2-18)15(5-21)8-11-7(14(3-19)4-20)12-9(13-8)16(10)6-22/h17-22H,1-6H2. The average molecular weight is 318 g/mol. The largest absolute Gasteiger partial charge is 0.392 e. The van der Waals surface area contributed by atoms with Gasteiger partial charge in [0.25, 0.3) is 0 Å². The molecule has 0 saturated heterocycles. The highest BCUT2D eigenvalue weighted by Gasteiger charge is 2.48. The summed E-state index contributed by atoms with van der Waals surface area (Å²) in [7, 11) is 0. The van der Waals surface area contributed by atoms with E-state index in [4.69, 9.17) is 10.2 Å². The molecule has 0 radical (unpaired) electrons. The van der Waals surface area contributed by atoms with E-state index in [0.29, 0.717) is 0 Å². The Morgan fingerprint density at radius 2 is 1.23 bits per heavy atom. The number of anilines is 3. The lowest BCUT2D eigenvalue weighted by atomic mass is 10.1. The van der Waals surface area contributed by atoms with Gasteiger partial charge in [0.05, 0.1) is 13.2 Å². The van der Waals surface area contributed by atoms with Crippen LogP contribution in [0.1, 0.15) is 0 Å². The fourth-order valence-corrected chi connectivity index (χ4v) is 2.20. The van der Waals surface area contributed by atoms with Crippen molar-refractivity contribution in [2.24, 2.45) is 0 Å². The van der Waals surface area contributed by atoms with Crippen molar-refractivity contribution in [3.63, 3.8) is 0 Å². The highest BCUT2D eigenvalue weighted by atomic mass is 16.3. The van der Waals surface area contributed by atoms with Crippen LogP contribution in [0, 0.1) is 0 Å². The molecule has 0 aliphatic carbocycles. The predicted molar refractivity (Wildman–Crippen MR) is 72.5 cm³/mol. The molecule has 0 saturated carbocycles. The molecule has 0 spiro atoms. The van der Waals surface area contributed by atoms with Gasteiger partial charge in [-0.1, -0.05) is 0 Å². The molecule has 2 bridgehead atoms. The van der Waals surface area contributed by atoms with E-state index in [1.165, 1.54) is 0 Å². The van der Waals surface area contributed by atoms with Crippen LogP contribution in [0.2, 0.25) is 0 Å². The molecule has 6 N–H and O–H groups in total. The molecule has 0 atom stereocenters. The van der Waals surface area contributed by atoms with E-state index >= 15 is 0 Å². The summed E-state index contributed by atoms with van der Waals surface area (Å²) < 4.78 is 0. The molecule has 0 amide bonds. The molecular formula is C10H18N6O6. The van der Waals surface area contributed by atoms with Gasteiger partial charge in [-0.15, -0.1) is 0 Å². The Kier molecular flexibility index (Phi) is 4.90. The zero-order valence-corrected chi connectivity index (χ0v) is 11.6. The second-order valence-electron chi connectivity index (χ2n) is 4.50. The lowest BCUT2D eigenvalue weighted by molar-refractivity contribution is 0.0698. The molecule has 12 nitrogen and oxygen atoms in total. The minimum absolute atomic E-state index is 0.0813. The van der Waals surface area contributed by atoms with Gasteiger partial charge in [0, 0.05) is 0 Å². The summed E-state index contributed by atoms with van der Waals surface area (Å²) in [6.07, 6.45) is 0. The van der Waals surface area contributed by atoms with E-state index < -0.39 is 45.8 Å². The summed E-state index contributed by atoms with van der Waals surface area (Å²) in [6.45, 7) is -3.72. The van der Waals surface area contributed by atoms with Crippen molar-refractivity contribution in [3.05, 3.63) is 0 Å². The van der Waals surface area contributed by atoms with Crippen LogP contribution in [0.4, 0.5) is 17.8 Å². The zero-order valence-electron chi connectivity index (χ0n) is 11.6. The summed E-state index contributed by atoms with van der Waals surface area (Å²) in [5.41, 5.74) is -1.57. The van der Waals surface area contributed by atoms with Crippen molar-refractivity contribution in [1.82, 2.24) is 15.0 Å². The second kappa shape index (κ2) is 6.51. The van der Waals surface area contributed by atoms with Crippen LogP contribution >= 0.6 is 0 Å². The Morgan fingerprint density at radius 3 is 1.55 bits per heavy atom. The van der Waals surface area contributed by atoms with Crippen molar-refractivity contribution in [3.8, 4) is 0 Å². The SMILES string of the molecule is OCN(CO)c1nc2nc(n1)N(CO)C(CO)(CO)N2CO. The lowest BCUT2D eigenvalue weighted by Gasteiger charge is -2.49. The van der Waals surface area contributed by atoms with Crippen molar-refractivity contribution < 1.29 is 30.6 Å². The second-order valence-corrected chi connectivity index (χ2v) is 4.50. The first-order valence-electron chi connectivity index (χ1n) is 6.33. The molecule has 1 aromatic heterocycles. The number of aliphatic hydroxyl groups is 6. The molecule has 0 fully saturated rings. The van der Waals surface area contributed by atoms with Gasteiger partial charge < -0.3 is 30.6 Å². The summed E-state index contributed by atoms with van der Waals surface area (Å²) in [5.74, 6) is -0.254. The Labute approximate surface area is 125 Å². The quantitative estimate of drug-likeness (QED) is 0.268. The molecule has 1 aliphatic rings. The van der Waals surface area contributed by atoms with E-state index in [1.54, 1.807) is 0 Å². The minimum atomic E-state index is -1.57. The molecule has 124 valence electrons. The van der Waals surface area contributed by atoms with Gasteiger partial charge in [-0.2, -0.15) is 15.0 Å². The van der Waals surface area contributed by atoms with E-state index in [9.17, 15) is 20.4 Å². The predicted octanol–water partition coefficient (Wildman–Crippen LogP) is -4.22. The smallest absolute Gasteiger partial charge is 0.235 e. The third-order valence-corrected chi connectivity index (χ3v) is 3.50. The van der Waals surface area contributed by atoms with Gasteiger partial charge in [-0.3, -0.25) is 14.7 Å². The maximum absolute atomic E-state index is 9.65. The molecule has 12 heteroatoms. The first-order chi connectivity index (χ1) is 10.6. The van der Waals surface area contributed by atoms with Gasteiger partial charge in [-0.05, 0) is 0 Å². The van der Waals surface area contributed by atoms with Crippen LogP contribution in [0.15, 0.2) is 0 Å². The van der Waals surface area contributed by atoms with Crippen molar-refractivity contribution in [2.75, 3.05) is 54.8 Å². The van der Waals surface area contributed by atoms with Gasteiger partial charge >= 0.3 is 0 Å². The number of aliphatic hydroxyl groups excluding tert-OH is 6. The van der Waals surface area contributed by atoms with Gasteiger partial charge in [0.1, 0.15) is 26.9 Å². The van der Waals surface area contributed by atoms with Crippen molar-refractivity contribution in [1.29, 1.82) is 0 Å². The van der Waals surface area contributed by atoms with E-state index in [-0.39, 0.29) is 17.8 Å². The molecule has 22 heavy (non-hydrogen) atoms. The highest BCUT2D eigenvalue weighted by molar-refractivity contribution is 5.55. The molecule has 0 unspecified atom stereocenters. The monoisotopic (exact) mass is 318 g/mol. The maximum Gasteiger partial charge on any atom is 0.235 e. The third kappa shape index (κ3) is 2.31. The first kappa shape index (κ1) is 16.5. The van der Waals surface area contributed by atoms with E-state index in [0.717, 1.165) is 14.7 Å². The van der Waals surface area contributed by atoms with Crippen LogP contribution in [-0.2, 0) is 0 Å². The average Bonchev–Trinajstić information content (AvgIpc) is 2.55. The number of nitrogens with zero attached hydrogens (tertiary/aromatic N) is 6. The number of hydrogen-bond acceptors (Lipinski definition) is 12. The lowest BCUT2D eigenvalue weighted by Crippen LogP contribution is -2.69. The fraction of sp³-hybridized carbons (Fsp3) is 0.700. The zero-order chi connectivity index (χ0) is 16.3. The molecular weight excluding hydrogens is 300 g/mol. The number of hydrogen-bond donors (Lipinski definition) is 6. The Bertz CT molecular complexity index is 478. The van der Waals surface area contributed by atoms with Crippen LogP contribution in [0.3, 0.4) is 0 Å². The number of fused-ring (bicyclic) bond motifs is 2. The molecule has 0 aromatic carbocycles. The maximum atomic E-state index is 9.65. The van der Waals surface area contributed by atoms with Crippen LogP contribution in [0.25, 0.3) is 0 Å². The molecule has 2 rings (SSSR count). The minimum Gasteiger partial charge on any atom is -0.392 e. The summed E-state index contributed by atoms with van der Waals surface area (Å²) in [4.78, 5) is 15.1. The summed E-state index contributed by atoms with van der Waals surface area (Å²) in [6, 6.07) is 0. The van der Waals surface area contributed by atoms with Gasteiger partial charge in [0.15, 0.2) is 5.66 Å². The summed E-state index contributed by atoms with van der Waals surface area (Å²) in [5, 5.41) is 56.7. The highest BCUT2D eigenvalue weighted by Crippen LogP contribution is 2.34. The van der Waals surface area contributed by atoms with Gasteiger partial charge in [0.2, 0.25) is 17.8 Å². The normalized spacial score (nSPS) is 16.1. The van der Waals surface area contributed by atoms with Crippen LogP contribution in [0.5, 0.6) is 0 Å². The first-order valence-corrected chi connectivity index (χ1v) is 6.33. The number of rotatable bonds is 7. The van der Waals surface area contributed by atoms with Crippen LogP contribution in [-0.4, -0.2) is 91.4 Å². The topological polar surface area (TPSA) is 170 Å². The van der Waals surface area contributed by atoms with E-state index in [1.807, 2.05) is 0 Å². The van der Waals surface area contributed by atoms with Crippen LogP contribution < -0.4 is 14.7 Å². The van der Waals surface area contributed by atoms with E-state index in [2.05, 4.69) is 15.0 Å².